The Kier molecular flexibility index (Phi) is 4.42. The summed E-state index contributed by atoms with van der Waals surface area (Å²) in [6, 6.07) is 0. The molecule has 0 atom stereocenters. The molecule has 2 aliphatic heterocycles. The minimum atomic E-state index is 0.786. The van der Waals surface area contributed by atoms with Crippen LogP contribution >= 0.6 is 0 Å². The van der Waals surface area contributed by atoms with Gasteiger partial charge in [-0.2, -0.15) is 0 Å². The molecular weight excluding hydrogens is 186 g/mol. The SMILES string of the molecule is NCC(C1CCNCC1)C1CCNCC1. The van der Waals surface area contributed by atoms with Gasteiger partial charge in [-0.1, -0.05) is 0 Å². The van der Waals surface area contributed by atoms with Gasteiger partial charge in [0.25, 0.3) is 0 Å². The van der Waals surface area contributed by atoms with Crippen molar-refractivity contribution in [2.75, 3.05) is 32.7 Å². The molecule has 0 saturated carbocycles. The molecule has 0 spiro atoms. The molecule has 0 unspecified atom stereocenters. The normalized spacial score (nSPS) is 26.0. The second kappa shape index (κ2) is 5.83. The van der Waals surface area contributed by atoms with E-state index in [1.165, 1.54) is 51.9 Å². The molecule has 0 bridgehead atoms. The highest BCUT2D eigenvalue weighted by atomic mass is 14.9. The predicted molar refractivity (Wildman–Crippen MR) is 63.7 cm³/mol. The second-order valence-corrected chi connectivity index (χ2v) is 5.07. The number of hydrogen-bond acceptors (Lipinski definition) is 3. The molecule has 2 rings (SSSR count). The highest BCUT2D eigenvalue weighted by molar-refractivity contribution is 4.83. The molecule has 4 N–H and O–H groups in total. The van der Waals surface area contributed by atoms with Crippen molar-refractivity contribution in [3.8, 4) is 0 Å². The van der Waals surface area contributed by atoms with Gasteiger partial charge in [-0.05, 0) is 76.2 Å². The molecule has 0 aromatic carbocycles. The van der Waals surface area contributed by atoms with E-state index in [4.69, 9.17) is 5.73 Å². The van der Waals surface area contributed by atoms with Gasteiger partial charge in [-0.25, -0.2) is 0 Å². The Balaban J connectivity index is 1.88. The summed E-state index contributed by atoms with van der Waals surface area (Å²) in [5.41, 5.74) is 5.99. The molecular formula is C12H25N3. The third-order valence-corrected chi connectivity index (χ3v) is 4.25. The van der Waals surface area contributed by atoms with Crippen molar-refractivity contribution in [2.45, 2.75) is 25.7 Å². The average molecular weight is 211 g/mol. The Hall–Kier alpha value is -0.120. The van der Waals surface area contributed by atoms with Gasteiger partial charge in [0.2, 0.25) is 0 Å². The van der Waals surface area contributed by atoms with Gasteiger partial charge in [0.15, 0.2) is 0 Å². The van der Waals surface area contributed by atoms with Crippen LogP contribution in [0.25, 0.3) is 0 Å². The highest BCUT2D eigenvalue weighted by Gasteiger charge is 2.29. The summed E-state index contributed by atoms with van der Waals surface area (Å²) >= 11 is 0. The first-order valence-corrected chi connectivity index (χ1v) is 6.53. The summed E-state index contributed by atoms with van der Waals surface area (Å²) in [4.78, 5) is 0. The molecule has 3 nitrogen and oxygen atoms in total. The van der Waals surface area contributed by atoms with Crippen LogP contribution in [-0.2, 0) is 0 Å². The lowest BCUT2D eigenvalue weighted by Crippen LogP contribution is -2.41. The lowest BCUT2D eigenvalue weighted by Gasteiger charge is -2.37. The molecule has 88 valence electrons. The van der Waals surface area contributed by atoms with E-state index in [2.05, 4.69) is 10.6 Å². The van der Waals surface area contributed by atoms with Crippen molar-refractivity contribution < 1.29 is 0 Å². The zero-order chi connectivity index (χ0) is 10.5. The molecule has 0 aromatic heterocycles. The minimum absolute atomic E-state index is 0.786. The van der Waals surface area contributed by atoms with Gasteiger partial charge in [0.05, 0.1) is 0 Å². The quantitative estimate of drug-likeness (QED) is 0.639. The van der Waals surface area contributed by atoms with Crippen molar-refractivity contribution in [1.29, 1.82) is 0 Å². The first kappa shape index (κ1) is 11.4. The minimum Gasteiger partial charge on any atom is -0.330 e. The molecule has 2 aliphatic rings. The summed E-state index contributed by atoms with van der Waals surface area (Å²) in [5.74, 6) is 2.56. The number of piperidine rings is 2. The summed E-state index contributed by atoms with van der Waals surface area (Å²) in [5, 5.41) is 6.89. The predicted octanol–water partition coefficient (Wildman–Crippen LogP) is 0.560. The molecule has 2 saturated heterocycles. The number of hydrogen-bond donors (Lipinski definition) is 3. The number of nitrogens with one attached hydrogen (secondary N) is 2. The Morgan fingerprint density at radius 3 is 1.60 bits per heavy atom. The van der Waals surface area contributed by atoms with E-state index in [0.717, 1.165) is 24.3 Å². The van der Waals surface area contributed by atoms with Gasteiger partial charge in [0, 0.05) is 0 Å². The van der Waals surface area contributed by atoms with Crippen LogP contribution < -0.4 is 16.4 Å². The van der Waals surface area contributed by atoms with E-state index in [0.29, 0.717) is 0 Å². The first-order valence-electron chi connectivity index (χ1n) is 6.53. The maximum Gasteiger partial charge on any atom is -0.00435 e. The highest BCUT2D eigenvalue weighted by Crippen LogP contribution is 2.32. The second-order valence-electron chi connectivity index (χ2n) is 5.07. The molecule has 0 aromatic rings. The van der Waals surface area contributed by atoms with E-state index in [1.54, 1.807) is 0 Å². The van der Waals surface area contributed by atoms with Gasteiger partial charge in [-0.15, -0.1) is 0 Å². The lowest BCUT2D eigenvalue weighted by atomic mass is 9.73. The summed E-state index contributed by atoms with van der Waals surface area (Å²) in [7, 11) is 0. The third-order valence-electron chi connectivity index (χ3n) is 4.25. The standard InChI is InChI=1S/C12H25N3/c13-9-12(10-1-5-14-6-2-10)11-3-7-15-8-4-11/h10-12,14-15H,1-9,13H2. The number of rotatable bonds is 3. The van der Waals surface area contributed by atoms with Crippen LogP contribution in [0.2, 0.25) is 0 Å². The summed E-state index contributed by atoms with van der Waals surface area (Å²) < 4.78 is 0. The van der Waals surface area contributed by atoms with E-state index in [-0.39, 0.29) is 0 Å². The van der Waals surface area contributed by atoms with Crippen molar-refractivity contribution in [3.05, 3.63) is 0 Å². The molecule has 0 aliphatic carbocycles. The van der Waals surface area contributed by atoms with Gasteiger partial charge < -0.3 is 16.4 Å². The number of nitrogens with two attached hydrogens (primary N) is 1. The fourth-order valence-corrected chi connectivity index (χ4v) is 3.31. The summed E-state index contributed by atoms with van der Waals surface area (Å²) in [6.45, 7) is 5.70. The molecule has 0 radical (unpaired) electrons. The molecule has 0 amide bonds. The van der Waals surface area contributed by atoms with Crippen LogP contribution in [0.4, 0.5) is 0 Å². The zero-order valence-electron chi connectivity index (χ0n) is 9.67. The van der Waals surface area contributed by atoms with Crippen LogP contribution in [-0.4, -0.2) is 32.7 Å². The van der Waals surface area contributed by atoms with Crippen LogP contribution in [0.1, 0.15) is 25.7 Å². The first-order chi connectivity index (χ1) is 7.42. The fourth-order valence-electron chi connectivity index (χ4n) is 3.31. The zero-order valence-corrected chi connectivity index (χ0v) is 9.67. The van der Waals surface area contributed by atoms with Gasteiger partial charge in [-0.3, -0.25) is 0 Å². The van der Waals surface area contributed by atoms with E-state index in [9.17, 15) is 0 Å². The maximum absolute atomic E-state index is 5.99. The van der Waals surface area contributed by atoms with Crippen LogP contribution in [0.5, 0.6) is 0 Å². The molecule has 2 fully saturated rings. The molecule has 3 heteroatoms. The van der Waals surface area contributed by atoms with E-state index >= 15 is 0 Å². The monoisotopic (exact) mass is 211 g/mol. The Morgan fingerprint density at radius 1 is 0.867 bits per heavy atom. The smallest absolute Gasteiger partial charge is 0.00435 e. The van der Waals surface area contributed by atoms with Crippen molar-refractivity contribution >= 4 is 0 Å². The van der Waals surface area contributed by atoms with Crippen LogP contribution in [0.15, 0.2) is 0 Å². The lowest BCUT2D eigenvalue weighted by molar-refractivity contribution is 0.161. The third kappa shape index (κ3) is 2.92. The van der Waals surface area contributed by atoms with Crippen molar-refractivity contribution in [2.24, 2.45) is 23.5 Å². The average Bonchev–Trinajstić information content (AvgIpc) is 2.33. The Bertz CT molecular complexity index is 154. The van der Waals surface area contributed by atoms with E-state index < -0.39 is 0 Å². The van der Waals surface area contributed by atoms with Gasteiger partial charge >= 0.3 is 0 Å². The maximum atomic E-state index is 5.99. The topological polar surface area (TPSA) is 50.1 Å². The summed E-state index contributed by atoms with van der Waals surface area (Å²) in [6.07, 6.45) is 5.36. The van der Waals surface area contributed by atoms with Crippen molar-refractivity contribution in [1.82, 2.24) is 10.6 Å². The van der Waals surface area contributed by atoms with Crippen molar-refractivity contribution in [3.63, 3.8) is 0 Å². The van der Waals surface area contributed by atoms with Crippen LogP contribution in [0.3, 0.4) is 0 Å². The molecule has 15 heavy (non-hydrogen) atoms. The Labute approximate surface area is 93.2 Å². The Morgan fingerprint density at radius 2 is 1.27 bits per heavy atom. The van der Waals surface area contributed by atoms with Gasteiger partial charge in [0.1, 0.15) is 0 Å². The van der Waals surface area contributed by atoms with Crippen LogP contribution in [0, 0.1) is 17.8 Å². The van der Waals surface area contributed by atoms with E-state index in [1.807, 2.05) is 0 Å². The largest absolute Gasteiger partial charge is 0.330 e. The molecule has 2 heterocycles. The fraction of sp³-hybridized carbons (Fsp3) is 1.00.